The van der Waals surface area contributed by atoms with Crippen LogP contribution >= 0.6 is 11.6 Å². The summed E-state index contributed by atoms with van der Waals surface area (Å²) in [6.45, 7) is 8.48. The maximum absolute atomic E-state index is 10.4. The average Bonchev–Trinajstić information content (AvgIpc) is 2.34. The molecule has 1 fully saturated rings. The molecular weight excluding hydrogens is 262 g/mol. The lowest BCUT2D eigenvalue weighted by Crippen LogP contribution is -2.56. The van der Waals surface area contributed by atoms with Gasteiger partial charge in [0.05, 0.1) is 18.8 Å². The first kappa shape index (κ1) is 14.8. The van der Waals surface area contributed by atoms with Gasteiger partial charge in [-0.2, -0.15) is 0 Å². The van der Waals surface area contributed by atoms with Crippen LogP contribution in [0.2, 0.25) is 5.02 Å². The topological polar surface area (TPSA) is 32.7 Å². The van der Waals surface area contributed by atoms with E-state index in [0.29, 0.717) is 18.2 Å². The van der Waals surface area contributed by atoms with E-state index in [9.17, 15) is 5.11 Å². The lowest BCUT2D eigenvalue weighted by molar-refractivity contribution is -0.102. The Hall–Kier alpha value is -0.610. The molecule has 0 aliphatic carbocycles. The van der Waals surface area contributed by atoms with Crippen molar-refractivity contribution in [2.75, 3.05) is 19.7 Å². The zero-order valence-electron chi connectivity index (χ0n) is 11.8. The fourth-order valence-electron chi connectivity index (χ4n) is 2.40. The maximum Gasteiger partial charge on any atom is 0.0917 e. The first-order valence-corrected chi connectivity index (χ1v) is 7.06. The van der Waals surface area contributed by atoms with E-state index in [1.54, 1.807) is 0 Å². The Labute approximate surface area is 120 Å². The molecule has 1 aromatic carbocycles. The molecule has 1 aliphatic rings. The van der Waals surface area contributed by atoms with E-state index in [0.717, 1.165) is 12.1 Å². The summed E-state index contributed by atoms with van der Waals surface area (Å²) in [5.41, 5.74) is 0.814. The van der Waals surface area contributed by atoms with Gasteiger partial charge in [0.15, 0.2) is 0 Å². The van der Waals surface area contributed by atoms with Crippen molar-refractivity contribution in [1.29, 1.82) is 0 Å². The lowest BCUT2D eigenvalue weighted by Gasteiger charge is -2.45. The molecule has 1 N–H and O–H groups in total. The molecule has 0 aromatic heterocycles. The monoisotopic (exact) mass is 283 g/mol. The number of benzene rings is 1. The number of halogens is 1. The van der Waals surface area contributed by atoms with Crippen LogP contribution in [0.1, 0.15) is 32.4 Å². The molecule has 1 aliphatic heterocycles. The highest BCUT2D eigenvalue weighted by molar-refractivity contribution is 6.30. The number of morpholine rings is 1. The molecular formula is C15H22ClNO2. The van der Waals surface area contributed by atoms with Crippen molar-refractivity contribution < 1.29 is 9.84 Å². The summed E-state index contributed by atoms with van der Waals surface area (Å²) in [4.78, 5) is 2.28. The summed E-state index contributed by atoms with van der Waals surface area (Å²) < 4.78 is 5.69. The Bertz CT molecular complexity index is 436. The molecule has 0 amide bonds. The molecule has 1 aromatic rings. The molecule has 2 atom stereocenters. The standard InChI is InChI=1S/C15H22ClNO2/c1-11-8-17(15(2,3)10-19-11)9-14(18)12-5-4-6-13(16)7-12/h4-7,11,14,18H,8-10H2,1-3H3. The van der Waals surface area contributed by atoms with Gasteiger partial charge in [0, 0.05) is 23.7 Å². The number of β-amino-alcohol motifs (C(OH)–C–C–N with tert-alkyl or cyclic N) is 1. The molecule has 0 radical (unpaired) electrons. The van der Waals surface area contributed by atoms with Crippen LogP contribution in [-0.2, 0) is 4.74 Å². The van der Waals surface area contributed by atoms with Crippen LogP contribution < -0.4 is 0 Å². The molecule has 3 nitrogen and oxygen atoms in total. The number of aliphatic hydroxyl groups excluding tert-OH is 1. The predicted molar refractivity (Wildman–Crippen MR) is 77.5 cm³/mol. The van der Waals surface area contributed by atoms with Crippen molar-refractivity contribution in [3.8, 4) is 0 Å². The molecule has 1 heterocycles. The summed E-state index contributed by atoms with van der Waals surface area (Å²) in [5.74, 6) is 0. The number of hydrogen-bond donors (Lipinski definition) is 1. The third-order valence-corrected chi connectivity index (χ3v) is 3.92. The zero-order valence-corrected chi connectivity index (χ0v) is 12.5. The van der Waals surface area contributed by atoms with Crippen molar-refractivity contribution >= 4 is 11.6 Å². The SMILES string of the molecule is CC1CN(CC(O)c2cccc(Cl)c2)C(C)(C)CO1. The van der Waals surface area contributed by atoms with Crippen molar-refractivity contribution in [3.05, 3.63) is 34.9 Å². The van der Waals surface area contributed by atoms with Crippen LogP contribution in [0.25, 0.3) is 0 Å². The smallest absolute Gasteiger partial charge is 0.0917 e. The Morgan fingerprint density at radius 1 is 1.53 bits per heavy atom. The molecule has 1 saturated heterocycles. The second kappa shape index (κ2) is 5.80. The fourth-order valence-corrected chi connectivity index (χ4v) is 2.60. The van der Waals surface area contributed by atoms with Crippen molar-refractivity contribution in [1.82, 2.24) is 4.90 Å². The maximum atomic E-state index is 10.4. The van der Waals surface area contributed by atoms with Gasteiger partial charge in [-0.25, -0.2) is 0 Å². The molecule has 0 bridgehead atoms. The van der Waals surface area contributed by atoms with Gasteiger partial charge in [0.25, 0.3) is 0 Å². The zero-order chi connectivity index (χ0) is 14.0. The molecule has 106 valence electrons. The van der Waals surface area contributed by atoms with E-state index in [2.05, 4.69) is 25.7 Å². The fraction of sp³-hybridized carbons (Fsp3) is 0.600. The third kappa shape index (κ3) is 3.69. The van der Waals surface area contributed by atoms with Gasteiger partial charge in [0.2, 0.25) is 0 Å². The van der Waals surface area contributed by atoms with E-state index >= 15 is 0 Å². The first-order chi connectivity index (χ1) is 8.88. The largest absolute Gasteiger partial charge is 0.387 e. The molecule has 4 heteroatoms. The summed E-state index contributed by atoms with van der Waals surface area (Å²) in [7, 11) is 0. The van der Waals surface area contributed by atoms with Gasteiger partial charge in [-0.1, -0.05) is 23.7 Å². The Morgan fingerprint density at radius 3 is 2.95 bits per heavy atom. The first-order valence-electron chi connectivity index (χ1n) is 6.69. The third-order valence-electron chi connectivity index (χ3n) is 3.68. The predicted octanol–water partition coefficient (Wildman–Crippen LogP) is 2.87. The Kier molecular flexibility index (Phi) is 4.51. The van der Waals surface area contributed by atoms with Gasteiger partial charge in [-0.05, 0) is 38.5 Å². The minimum atomic E-state index is -0.525. The number of aliphatic hydroxyl groups is 1. The van der Waals surface area contributed by atoms with Crippen LogP contribution in [0.3, 0.4) is 0 Å². The second-order valence-corrected chi connectivity index (χ2v) is 6.35. The van der Waals surface area contributed by atoms with Crippen molar-refractivity contribution in [2.45, 2.75) is 38.5 Å². The van der Waals surface area contributed by atoms with E-state index in [1.165, 1.54) is 0 Å². The van der Waals surface area contributed by atoms with Gasteiger partial charge >= 0.3 is 0 Å². The Morgan fingerprint density at radius 2 is 2.26 bits per heavy atom. The highest BCUT2D eigenvalue weighted by Crippen LogP contribution is 2.26. The molecule has 19 heavy (non-hydrogen) atoms. The molecule has 2 rings (SSSR count). The minimum Gasteiger partial charge on any atom is -0.387 e. The van der Waals surface area contributed by atoms with Crippen LogP contribution in [0.15, 0.2) is 24.3 Å². The number of rotatable bonds is 3. The van der Waals surface area contributed by atoms with Crippen molar-refractivity contribution in [3.63, 3.8) is 0 Å². The number of hydrogen-bond acceptors (Lipinski definition) is 3. The average molecular weight is 284 g/mol. The van der Waals surface area contributed by atoms with Gasteiger partial charge in [-0.3, -0.25) is 4.90 Å². The Balaban J connectivity index is 2.07. The molecule has 0 spiro atoms. The number of ether oxygens (including phenoxy) is 1. The summed E-state index contributed by atoms with van der Waals surface area (Å²) in [6, 6.07) is 7.42. The van der Waals surface area contributed by atoms with E-state index < -0.39 is 6.10 Å². The van der Waals surface area contributed by atoms with E-state index in [4.69, 9.17) is 16.3 Å². The van der Waals surface area contributed by atoms with Crippen LogP contribution in [0.5, 0.6) is 0 Å². The molecule has 2 unspecified atom stereocenters. The highest BCUT2D eigenvalue weighted by atomic mass is 35.5. The van der Waals surface area contributed by atoms with E-state index in [-0.39, 0.29) is 11.6 Å². The van der Waals surface area contributed by atoms with Gasteiger partial charge < -0.3 is 9.84 Å². The summed E-state index contributed by atoms with van der Waals surface area (Å²) in [5, 5.41) is 11.0. The van der Waals surface area contributed by atoms with Crippen LogP contribution in [0, 0.1) is 0 Å². The lowest BCUT2D eigenvalue weighted by atomic mass is 9.99. The van der Waals surface area contributed by atoms with Crippen molar-refractivity contribution in [2.24, 2.45) is 0 Å². The van der Waals surface area contributed by atoms with Crippen LogP contribution in [0.4, 0.5) is 0 Å². The van der Waals surface area contributed by atoms with Gasteiger partial charge in [0.1, 0.15) is 0 Å². The summed E-state index contributed by atoms with van der Waals surface area (Å²) in [6.07, 6.45) is -0.317. The van der Waals surface area contributed by atoms with Crippen LogP contribution in [-0.4, -0.2) is 41.3 Å². The quantitative estimate of drug-likeness (QED) is 0.926. The number of nitrogens with zero attached hydrogens (tertiary/aromatic N) is 1. The summed E-state index contributed by atoms with van der Waals surface area (Å²) >= 11 is 5.97. The molecule has 0 saturated carbocycles. The highest BCUT2D eigenvalue weighted by Gasteiger charge is 2.34. The minimum absolute atomic E-state index is 0.0495. The van der Waals surface area contributed by atoms with Gasteiger partial charge in [-0.15, -0.1) is 0 Å². The van der Waals surface area contributed by atoms with E-state index in [1.807, 2.05) is 24.3 Å². The second-order valence-electron chi connectivity index (χ2n) is 5.91. The normalized spacial score (nSPS) is 25.2.